The number of nitrogens with one attached hydrogen (secondary N) is 1. The highest BCUT2D eigenvalue weighted by molar-refractivity contribution is 7.16. The van der Waals surface area contributed by atoms with Crippen molar-refractivity contribution in [3.05, 3.63) is 52.2 Å². The topological polar surface area (TPSA) is 104 Å². The maximum atomic E-state index is 12.2. The van der Waals surface area contributed by atoms with Crippen molar-refractivity contribution >= 4 is 44.7 Å². The number of thiophene rings is 1. The number of piperazine rings is 1. The van der Waals surface area contributed by atoms with Gasteiger partial charge in [-0.15, -0.1) is 11.3 Å². The Morgan fingerprint density at radius 3 is 2.62 bits per heavy atom. The number of nitrogens with zero attached hydrogens (tertiary/aromatic N) is 5. The SMILES string of the molecule is O=C(CCN1CCN(c2ncnc3sccc23)CC1)Nc1ccc([N+](=O)[O-])cc1. The zero-order valence-electron chi connectivity index (χ0n) is 15.7. The number of non-ortho nitro benzene ring substituents is 1. The molecule has 0 saturated carbocycles. The molecule has 1 N–H and O–H groups in total. The van der Waals surface area contributed by atoms with Crippen molar-refractivity contribution in [2.45, 2.75) is 6.42 Å². The number of hydrogen-bond acceptors (Lipinski definition) is 8. The maximum absolute atomic E-state index is 12.2. The molecule has 1 aromatic carbocycles. The van der Waals surface area contributed by atoms with Gasteiger partial charge in [0, 0.05) is 57.0 Å². The van der Waals surface area contributed by atoms with Crippen molar-refractivity contribution in [2.75, 3.05) is 42.9 Å². The third-order valence-electron chi connectivity index (χ3n) is 4.93. The minimum Gasteiger partial charge on any atom is -0.353 e. The summed E-state index contributed by atoms with van der Waals surface area (Å²) < 4.78 is 0. The lowest BCUT2D eigenvalue weighted by Gasteiger charge is -2.35. The predicted octanol–water partition coefficient (Wildman–Crippen LogP) is 2.75. The summed E-state index contributed by atoms with van der Waals surface area (Å²) in [7, 11) is 0. The quantitative estimate of drug-likeness (QED) is 0.490. The molecule has 2 aromatic heterocycles. The Bertz CT molecular complexity index is 1010. The highest BCUT2D eigenvalue weighted by Crippen LogP contribution is 2.27. The first-order valence-electron chi connectivity index (χ1n) is 9.30. The van der Waals surface area contributed by atoms with Crippen molar-refractivity contribution < 1.29 is 9.72 Å². The van der Waals surface area contributed by atoms with E-state index in [4.69, 9.17) is 0 Å². The van der Waals surface area contributed by atoms with Crippen LogP contribution in [0.1, 0.15) is 6.42 Å². The normalized spacial score (nSPS) is 14.8. The Labute approximate surface area is 171 Å². The molecule has 3 aromatic rings. The van der Waals surface area contributed by atoms with Gasteiger partial charge in [-0.2, -0.15) is 0 Å². The van der Waals surface area contributed by atoms with Gasteiger partial charge in [-0.05, 0) is 23.6 Å². The average Bonchev–Trinajstić information content (AvgIpc) is 3.22. The van der Waals surface area contributed by atoms with Crippen LogP contribution in [0.3, 0.4) is 0 Å². The minimum atomic E-state index is -0.462. The standard InChI is InChI=1S/C19H20N6O3S/c26-17(22-14-1-3-15(4-2-14)25(27)28)5-7-23-8-10-24(11-9-23)18-16-6-12-29-19(16)21-13-20-18/h1-4,6,12-13H,5,7-11H2,(H,22,26). The molecule has 1 aliphatic heterocycles. The molecule has 1 saturated heterocycles. The van der Waals surface area contributed by atoms with Crippen LogP contribution in [0.15, 0.2) is 42.0 Å². The summed E-state index contributed by atoms with van der Waals surface area (Å²) >= 11 is 1.61. The van der Waals surface area contributed by atoms with Gasteiger partial charge in [-0.3, -0.25) is 19.8 Å². The molecule has 9 nitrogen and oxygen atoms in total. The molecule has 0 aliphatic carbocycles. The van der Waals surface area contributed by atoms with Gasteiger partial charge in [0.2, 0.25) is 5.91 Å². The predicted molar refractivity (Wildman–Crippen MR) is 112 cm³/mol. The van der Waals surface area contributed by atoms with Crippen LogP contribution in [-0.4, -0.2) is 58.4 Å². The molecule has 0 radical (unpaired) electrons. The van der Waals surface area contributed by atoms with Crippen molar-refractivity contribution in [3.63, 3.8) is 0 Å². The first kappa shape index (κ1) is 19.2. The van der Waals surface area contributed by atoms with E-state index in [0.717, 1.165) is 42.2 Å². The molecule has 1 fully saturated rings. The lowest BCUT2D eigenvalue weighted by Crippen LogP contribution is -2.47. The van der Waals surface area contributed by atoms with Crippen LogP contribution < -0.4 is 10.2 Å². The first-order chi connectivity index (χ1) is 14.1. The fourth-order valence-electron chi connectivity index (χ4n) is 3.36. The largest absolute Gasteiger partial charge is 0.353 e. The van der Waals surface area contributed by atoms with Gasteiger partial charge in [-0.25, -0.2) is 9.97 Å². The van der Waals surface area contributed by atoms with Crippen LogP contribution in [0.4, 0.5) is 17.2 Å². The van der Waals surface area contributed by atoms with Gasteiger partial charge < -0.3 is 10.2 Å². The molecule has 3 heterocycles. The van der Waals surface area contributed by atoms with Crippen LogP contribution in [0.25, 0.3) is 10.2 Å². The number of nitro benzene ring substituents is 1. The van der Waals surface area contributed by atoms with Crippen molar-refractivity contribution in [1.29, 1.82) is 0 Å². The third kappa shape index (κ3) is 4.49. The molecule has 0 bridgehead atoms. The summed E-state index contributed by atoms with van der Waals surface area (Å²) in [6, 6.07) is 7.91. The van der Waals surface area contributed by atoms with Crippen LogP contribution in [-0.2, 0) is 4.79 Å². The van der Waals surface area contributed by atoms with E-state index in [2.05, 4.69) is 31.2 Å². The summed E-state index contributed by atoms with van der Waals surface area (Å²) in [5.74, 6) is 0.879. The van der Waals surface area contributed by atoms with Crippen LogP contribution in [0.5, 0.6) is 0 Å². The van der Waals surface area contributed by atoms with E-state index in [1.165, 1.54) is 12.1 Å². The second-order valence-corrected chi connectivity index (χ2v) is 7.66. The maximum Gasteiger partial charge on any atom is 0.269 e. The highest BCUT2D eigenvalue weighted by Gasteiger charge is 2.20. The fourth-order valence-corrected chi connectivity index (χ4v) is 4.09. The number of aromatic nitrogens is 2. The first-order valence-corrected chi connectivity index (χ1v) is 10.2. The van der Waals surface area contributed by atoms with E-state index in [1.54, 1.807) is 29.8 Å². The molecule has 1 amide bonds. The fraction of sp³-hybridized carbons (Fsp3) is 0.316. The van der Waals surface area contributed by atoms with E-state index < -0.39 is 4.92 Å². The molecule has 0 spiro atoms. The Morgan fingerprint density at radius 2 is 1.90 bits per heavy atom. The number of hydrogen-bond donors (Lipinski definition) is 1. The zero-order chi connectivity index (χ0) is 20.2. The monoisotopic (exact) mass is 412 g/mol. The van der Waals surface area contributed by atoms with Crippen molar-refractivity contribution in [2.24, 2.45) is 0 Å². The molecule has 29 heavy (non-hydrogen) atoms. The van der Waals surface area contributed by atoms with Gasteiger partial charge in [0.1, 0.15) is 17.0 Å². The summed E-state index contributed by atoms with van der Waals surface area (Å²) in [6.45, 7) is 4.10. The van der Waals surface area contributed by atoms with E-state index in [9.17, 15) is 14.9 Å². The Kier molecular flexibility index (Phi) is 5.63. The lowest BCUT2D eigenvalue weighted by molar-refractivity contribution is -0.384. The third-order valence-corrected chi connectivity index (χ3v) is 5.75. The van der Waals surface area contributed by atoms with E-state index in [0.29, 0.717) is 18.7 Å². The van der Waals surface area contributed by atoms with Gasteiger partial charge in [0.15, 0.2) is 0 Å². The smallest absolute Gasteiger partial charge is 0.269 e. The van der Waals surface area contributed by atoms with E-state index in [1.807, 2.05) is 5.38 Å². The molecule has 1 aliphatic rings. The van der Waals surface area contributed by atoms with Gasteiger partial charge in [0.25, 0.3) is 5.69 Å². The number of nitro groups is 1. The summed E-state index contributed by atoms with van der Waals surface area (Å²) in [5, 5.41) is 16.6. The summed E-state index contributed by atoms with van der Waals surface area (Å²) in [5.41, 5.74) is 0.568. The number of benzene rings is 1. The number of anilines is 2. The van der Waals surface area contributed by atoms with Crippen molar-refractivity contribution in [1.82, 2.24) is 14.9 Å². The Morgan fingerprint density at radius 1 is 1.14 bits per heavy atom. The summed E-state index contributed by atoms with van der Waals surface area (Å²) in [4.78, 5) is 36.7. The van der Waals surface area contributed by atoms with Gasteiger partial charge in [0.05, 0.1) is 10.3 Å². The molecule has 0 unspecified atom stereocenters. The molecular formula is C19H20N6O3S. The molecule has 0 atom stereocenters. The Balaban J connectivity index is 1.25. The van der Waals surface area contributed by atoms with Crippen LogP contribution >= 0.6 is 11.3 Å². The molecule has 150 valence electrons. The number of carbonyl (C=O) groups excluding carboxylic acids is 1. The zero-order valence-corrected chi connectivity index (χ0v) is 16.5. The van der Waals surface area contributed by atoms with Crippen LogP contribution in [0, 0.1) is 10.1 Å². The van der Waals surface area contributed by atoms with E-state index >= 15 is 0 Å². The van der Waals surface area contributed by atoms with Gasteiger partial charge in [-0.1, -0.05) is 0 Å². The van der Waals surface area contributed by atoms with E-state index in [-0.39, 0.29) is 11.6 Å². The number of fused-ring (bicyclic) bond motifs is 1. The van der Waals surface area contributed by atoms with Crippen LogP contribution in [0.2, 0.25) is 0 Å². The minimum absolute atomic E-state index is 0.00397. The second-order valence-electron chi connectivity index (χ2n) is 6.77. The van der Waals surface area contributed by atoms with Gasteiger partial charge >= 0.3 is 0 Å². The lowest BCUT2D eigenvalue weighted by atomic mass is 10.2. The Hall–Kier alpha value is -3.11. The number of carbonyl (C=O) groups is 1. The highest BCUT2D eigenvalue weighted by atomic mass is 32.1. The summed E-state index contributed by atoms with van der Waals surface area (Å²) in [6.07, 6.45) is 1.99. The number of amides is 1. The number of rotatable bonds is 6. The second kappa shape index (κ2) is 8.50. The molecular weight excluding hydrogens is 392 g/mol. The average molecular weight is 412 g/mol. The molecule has 4 rings (SSSR count). The van der Waals surface area contributed by atoms with Crippen molar-refractivity contribution in [3.8, 4) is 0 Å². The molecule has 10 heteroatoms.